The second-order valence-electron chi connectivity index (χ2n) is 4.77. The van der Waals surface area contributed by atoms with Crippen molar-refractivity contribution in [3.8, 4) is 5.75 Å². The SMILES string of the molecule is CCOc1ccc(NC(=O)c2c(C)nn(CC)c2C)cc1. The van der Waals surface area contributed by atoms with Crippen molar-refractivity contribution < 1.29 is 9.53 Å². The molecule has 0 aliphatic rings. The molecule has 5 heteroatoms. The lowest BCUT2D eigenvalue weighted by molar-refractivity contribution is 0.102. The summed E-state index contributed by atoms with van der Waals surface area (Å²) in [6.07, 6.45) is 0. The van der Waals surface area contributed by atoms with Crippen LogP contribution in [0.15, 0.2) is 24.3 Å². The summed E-state index contributed by atoms with van der Waals surface area (Å²) in [7, 11) is 0. The van der Waals surface area contributed by atoms with Crippen LogP contribution in [0.5, 0.6) is 5.75 Å². The van der Waals surface area contributed by atoms with Gasteiger partial charge in [0.2, 0.25) is 0 Å². The number of nitrogens with zero attached hydrogens (tertiary/aromatic N) is 2. The summed E-state index contributed by atoms with van der Waals surface area (Å²) in [6, 6.07) is 7.35. The van der Waals surface area contributed by atoms with Crippen molar-refractivity contribution in [2.24, 2.45) is 0 Å². The van der Waals surface area contributed by atoms with Gasteiger partial charge in [-0.3, -0.25) is 9.48 Å². The summed E-state index contributed by atoms with van der Waals surface area (Å²) < 4.78 is 7.22. The van der Waals surface area contributed by atoms with Gasteiger partial charge in [-0.15, -0.1) is 0 Å². The van der Waals surface area contributed by atoms with E-state index in [1.54, 1.807) is 0 Å². The van der Waals surface area contributed by atoms with Crippen LogP contribution >= 0.6 is 0 Å². The maximum absolute atomic E-state index is 12.4. The van der Waals surface area contributed by atoms with Crippen LogP contribution < -0.4 is 10.1 Å². The van der Waals surface area contributed by atoms with E-state index < -0.39 is 0 Å². The van der Waals surface area contributed by atoms with E-state index in [1.165, 1.54) is 0 Å². The number of carbonyl (C=O) groups excluding carboxylic acids is 1. The molecule has 0 saturated heterocycles. The Morgan fingerprint density at radius 1 is 1.24 bits per heavy atom. The van der Waals surface area contributed by atoms with Crippen LogP contribution in [0.4, 0.5) is 5.69 Å². The number of nitrogens with one attached hydrogen (secondary N) is 1. The topological polar surface area (TPSA) is 56.1 Å². The van der Waals surface area contributed by atoms with Crippen LogP contribution in [0.1, 0.15) is 35.6 Å². The molecule has 0 fully saturated rings. The van der Waals surface area contributed by atoms with Crippen molar-refractivity contribution in [1.29, 1.82) is 0 Å². The van der Waals surface area contributed by atoms with E-state index in [1.807, 2.05) is 56.6 Å². The molecule has 21 heavy (non-hydrogen) atoms. The predicted octanol–water partition coefficient (Wildman–Crippen LogP) is 3.17. The van der Waals surface area contributed by atoms with Gasteiger partial charge in [-0.25, -0.2) is 0 Å². The molecule has 0 aliphatic heterocycles. The first-order chi connectivity index (χ1) is 10.1. The van der Waals surface area contributed by atoms with Gasteiger partial charge < -0.3 is 10.1 Å². The van der Waals surface area contributed by atoms with Crippen LogP contribution in [0.3, 0.4) is 0 Å². The molecule has 5 nitrogen and oxygen atoms in total. The van der Waals surface area contributed by atoms with Crippen molar-refractivity contribution in [2.45, 2.75) is 34.2 Å². The number of benzene rings is 1. The monoisotopic (exact) mass is 287 g/mol. The Morgan fingerprint density at radius 2 is 1.90 bits per heavy atom. The number of carbonyl (C=O) groups is 1. The Labute approximate surface area is 124 Å². The molecule has 2 aromatic rings. The number of hydrogen-bond donors (Lipinski definition) is 1. The number of aromatic nitrogens is 2. The lowest BCUT2D eigenvalue weighted by Crippen LogP contribution is -2.14. The lowest BCUT2D eigenvalue weighted by atomic mass is 10.2. The predicted molar refractivity (Wildman–Crippen MR) is 82.9 cm³/mol. The number of amides is 1. The maximum Gasteiger partial charge on any atom is 0.259 e. The summed E-state index contributed by atoms with van der Waals surface area (Å²) in [4.78, 5) is 12.4. The highest BCUT2D eigenvalue weighted by molar-refractivity contribution is 6.05. The van der Waals surface area contributed by atoms with E-state index in [9.17, 15) is 4.79 Å². The van der Waals surface area contributed by atoms with Crippen molar-refractivity contribution >= 4 is 11.6 Å². The number of rotatable bonds is 5. The summed E-state index contributed by atoms with van der Waals surface area (Å²) in [5.74, 6) is 0.663. The zero-order valence-corrected chi connectivity index (χ0v) is 12.9. The molecule has 1 heterocycles. The molecule has 0 bridgehead atoms. The Hall–Kier alpha value is -2.30. The van der Waals surface area contributed by atoms with Gasteiger partial charge in [0.1, 0.15) is 5.75 Å². The summed E-state index contributed by atoms with van der Waals surface area (Å²) in [5.41, 5.74) is 3.02. The third-order valence-electron chi connectivity index (χ3n) is 3.33. The van der Waals surface area contributed by atoms with Gasteiger partial charge in [0, 0.05) is 17.9 Å². The van der Waals surface area contributed by atoms with E-state index in [0.29, 0.717) is 12.2 Å². The Bertz CT molecular complexity index is 630. The number of hydrogen-bond acceptors (Lipinski definition) is 3. The molecule has 1 amide bonds. The Kier molecular flexibility index (Phi) is 4.62. The second kappa shape index (κ2) is 6.43. The van der Waals surface area contributed by atoms with E-state index in [4.69, 9.17) is 4.74 Å². The average molecular weight is 287 g/mol. The van der Waals surface area contributed by atoms with Gasteiger partial charge in [0.15, 0.2) is 0 Å². The molecule has 1 N–H and O–H groups in total. The van der Waals surface area contributed by atoms with Gasteiger partial charge in [0.05, 0.1) is 17.9 Å². The minimum Gasteiger partial charge on any atom is -0.494 e. The van der Waals surface area contributed by atoms with Gasteiger partial charge >= 0.3 is 0 Å². The molecule has 1 aromatic heterocycles. The normalized spacial score (nSPS) is 10.5. The molecule has 1 aromatic carbocycles. The first kappa shape index (κ1) is 15.1. The molecule has 0 unspecified atom stereocenters. The fourth-order valence-corrected chi connectivity index (χ4v) is 2.33. The fourth-order valence-electron chi connectivity index (χ4n) is 2.33. The molecule has 0 saturated carbocycles. The van der Waals surface area contributed by atoms with Gasteiger partial charge in [-0.05, 0) is 52.0 Å². The van der Waals surface area contributed by atoms with Gasteiger partial charge in [0.25, 0.3) is 5.91 Å². The Balaban J connectivity index is 2.16. The first-order valence-electron chi connectivity index (χ1n) is 7.15. The standard InChI is InChI=1S/C16H21N3O2/c1-5-19-12(4)15(11(3)18-19)16(20)17-13-7-9-14(10-8-13)21-6-2/h7-10H,5-6H2,1-4H3,(H,17,20). The summed E-state index contributed by atoms with van der Waals surface area (Å²) in [6.45, 7) is 9.09. The molecule has 2 rings (SSSR count). The highest BCUT2D eigenvalue weighted by atomic mass is 16.5. The Morgan fingerprint density at radius 3 is 2.43 bits per heavy atom. The fraction of sp³-hybridized carbons (Fsp3) is 0.375. The quantitative estimate of drug-likeness (QED) is 0.919. The molecule has 0 atom stereocenters. The lowest BCUT2D eigenvalue weighted by Gasteiger charge is -2.07. The highest BCUT2D eigenvalue weighted by Crippen LogP contribution is 2.18. The molecule has 0 radical (unpaired) electrons. The van der Waals surface area contributed by atoms with E-state index in [-0.39, 0.29) is 5.91 Å². The smallest absolute Gasteiger partial charge is 0.259 e. The zero-order valence-electron chi connectivity index (χ0n) is 12.9. The van der Waals surface area contributed by atoms with Crippen molar-refractivity contribution in [2.75, 3.05) is 11.9 Å². The number of aryl methyl sites for hydroxylation is 2. The molecular weight excluding hydrogens is 266 g/mol. The minimum absolute atomic E-state index is 0.131. The van der Waals surface area contributed by atoms with Crippen LogP contribution in [-0.4, -0.2) is 22.3 Å². The third-order valence-corrected chi connectivity index (χ3v) is 3.33. The largest absolute Gasteiger partial charge is 0.494 e. The van der Waals surface area contributed by atoms with Crippen LogP contribution in [0.2, 0.25) is 0 Å². The number of ether oxygens (including phenoxy) is 1. The van der Waals surface area contributed by atoms with E-state index in [0.717, 1.165) is 29.4 Å². The maximum atomic E-state index is 12.4. The average Bonchev–Trinajstić information content (AvgIpc) is 2.75. The molecular formula is C16H21N3O2. The molecule has 0 spiro atoms. The third kappa shape index (κ3) is 3.24. The van der Waals surface area contributed by atoms with Gasteiger partial charge in [-0.2, -0.15) is 5.10 Å². The minimum atomic E-state index is -0.131. The first-order valence-corrected chi connectivity index (χ1v) is 7.15. The van der Waals surface area contributed by atoms with Crippen molar-refractivity contribution in [3.63, 3.8) is 0 Å². The zero-order chi connectivity index (χ0) is 15.4. The van der Waals surface area contributed by atoms with Crippen LogP contribution in [-0.2, 0) is 6.54 Å². The van der Waals surface area contributed by atoms with Crippen molar-refractivity contribution in [3.05, 3.63) is 41.2 Å². The van der Waals surface area contributed by atoms with E-state index >= 15 is 0 Å². The molecule has 112 valence electrons. The second-order valence-corrected chi connectivity index (χ2v) is 4.77. The number of anilines is 1. The van der Waals surface area contributed by atoms with Crippen LogP contribution in [0, 0.1) is 13.8 Å². The molecule has 0 aliphatic carbocycles. The van der Waals surface area contributed by atoms with Crippen molar-refractivity contribution in [1.82, 2.24) is 9.78 Å². The van der Waals surface area contributed by atoms with E-state index in [2.05, 4.69) is 10.4 Å². The van der Waals surface area contributed by atoms with Crippen LogP contribution in [0.25, 0.3) is 0 Å². The highest BCUT2D eigenvalue weighted by Gasteiger charge is 2.18. The van der Waals surface area contributed by atoms with Gasteiger partial charge in [-0.1, -0.05) is 0 Å². The summed E-state index contributed by atoms with van der Waals surface area (Å²) in [5, 5.41) is 7.26. The summed E-state index contributed by atoms with van der Waals surface area (Å²) >= 11 is 0.